The van der Waals surface area contributed by atoms with Crippen molar-refractivity contribution in [1.29, 1.82) is 0 Å². The summed E-state index contributed by atoms with van der Waals surface area (Å²) in [7, 11) is 0. The molecule has 1 amide bonds. The summed E-state index contributed by atoms with van der Waals surface area (Å²) in [5.41, 5.74) is 5.60. The number of nitrogens with zero attached hydrogens (tertiary/aromatic N) is 1. The van der Waals surface area contributed by atoms with Gasteiger partial charge in [-0.3, -0.25) is 4.79 Å². The van der Waals surface area contributed by atoms with Gasteiger partial charge in [0.2, 0.25) is 18.0 Å². The molecule has 2 unspecified atom stereocenters. The second-order valence-corrected chi connectivity index (χ2v) is 7.15. The van der Waals surface area contributed by atoms with E-state index in [4.69, 9.17) is 15.2 Å². The fourth-order valence-electron chi connectivity index (χ4n) is 3.46. The minimum absolute atomic E-state index is 0.175. The van der Waals surface area contributed by atoms with Gasteiger partial charge in [-0.2, -0.15) is 0 Å². The first-order chi connectivity index (χ1) is 14.5. The van der Waals surface area contributed by atoms with Gasteiger partial charge in [-0.05, 0) is 62.3 Å². The molecular formula is C21H22F2N4O3. The molecule has 158 valence electrons. The molecule has 2 aromatic rings. The van der Waals surface area contributed by atoms with Crippen LogP contribution in [0.3, 0.4) is 0 Å². The zero-order valence-electron chi connectivity index (χ0n) is 16.1. The van der Waals surface area contributed by atoms with E-state index < -0.39 is 35.4 Å². The highest BCUT2D eigenvalue weighted by Gasteiger charge is 2.37. The van der Waals surface area contributed by atoms with Crippen LogP contribution in [-0.2, 0) is 9.53 Å². The van der Waals surface area contributed by atoms with Crippen LogP contribution in [0.5, 0.6) is 5.75 Å². The molecule has 9 heteroatoms. The number of ether oxygens (including phenoxy) is 2. The number of benzene rings is 2. The smallest absolute Gasteiger partial charge is 0.248 e. The summed E-state index contributed by atoms with van der Waals surface area (Å²) in [6.07, 6.45) is 1.08. The number of nitrogens with one attached hydrogen (secondary N) is 2. The molecule has 0 aliphatic carbocycles. The summed E-state index contributed by atoms with van der Waals surface area (Å²) >= 11 is 0. The van der Waals surface area contributed by atoms with Crippen molar-refractivity contribution in [2.75, 3.05) is 18.4 Å². The van der Waals surface area contributed by atoms with Crippen LogP contribution in [0.2, 0.25) is 0 Å². The first-order valence-corrected chi connectivity index (χ1v) is 9.73. The van der Waals surface area contributed by atoms with Gasteiger partial charge in [0.15, 0.2) is 6.04 Å². The molecular weight excluding hydrogens is 394 g/mol. The molecule has 2 heterocycles. The minimum atomic E-state index is -1.13. The van der Waals surface area contributed by atoms with Crippen molar-refractivity contribution in [3.05, 3.63) is 59.7 Å². The summed E-state index contributed by atoms with van der Waals surface area (Å²) < 4.78 is 39.7. The third-order valence-electron chi connectivity index (χ3n) is 5.00. The molecule has 1 saturated heterocycles. The highest BCUT2D eigenvalue weighted by Crippen LogP contribution is 2.25. The molecule has 4 rings (SSSR count). The molecule has 2 aliphatic heterocycles. The number of carbonyl (C=O) groups is 1. The Morgan fingerprint density at radius 1 is 1.13 bits per heavy atom. The molecule has 0 aromatic heterocycles. The Hall–Kier alpha value is -3.20. The van der Waals surface area contributed by atoms with E-state index in [1.54, 1.807) is 24.3 Å². The van der Waals surface area contributed by atoms with Crippen molar-refractivity contribution >= 4 is 17.5 Å². The highest BCUT2D eigenvalue weighted by molar-refractivity contribution is 5.99. The monoisotopic (exact) mass is 416 g/mol. The number of primary amides is 1. The van der Waals surface area contributed by atoms with Gasteiger partial charge < -0.3 is 25.8 Å². The van der Waals surface area contributed by atoms with Crippen molar-refractivity contribution in [2.24, 2.45) is 10.7 Å². The maximum absolute atomic E-state index is 14.1. The second-order valence-electron chi connectivity index (χ2n) is 7.15. The van der Waals surface area contributed by atoms with E-state index in [2.05, 4.69) is 15.6 Å². The average molecular weight is 416 g/mol. The van der Waals surface area contributed by atoms with Crippen molar-refractivity contribution in [3.8, 4) is 5.75 Å². The molecule has 0 bridgehead atoms. The van der Waals surface area contributed by atoms with Crippen LogP contribution in [0.15, 0.2) is 47.5 Å². The summed E-state index contributed by atoms with van der Waals surface area (Å²) in [5.74, 6) is -2.02. The van der Waals surface area contributed by atoms with Crippen molar-refractivity contribution in [3.63, 3.8) is 0 Å². The van der Waals surface area contributed by atoms with Gasteiger partial charge >= 0.3 is 0 Å². The van der Waals surface area contributed by atoms with Crippen LogP contribution >= 0.6 is 0 Å². The quantitative estimate of drug-likeness (QED) is 0.671. The highest BCUT2D eigenvalue weighted by atomic mass is 19.1. The molecule has 7 nitrogen and oxygen atoms in total. The number of aliphatic imine (C=N–C) groups is 1. The van der Waals surface area contributed by atoms with Gasteiger partial charge in [0, 0.05) is 5.69 Å². The number of hydrogen-bond acceptors (Lipinski definition) is 6. The van der Waals surface area contributed by atoms with Crippen LogP contribution in [0.25, 0.3) is 0 Å². The fraction of sp³-hybridized carbons (Fsp3) is 0.333. The number of anilines is 1. The summed E-state index contributed by atoms with van der Waals surface area (Å²) in [5, 5.41) is 6.28. The van der Waals surface area contributed by atoms with E-state index in [0.29, 0.717) is 5.69 Å². The van der Waals surface area contributed by atoms with E-state index in [9.17, 15) is 13.6 Å². The lowest BCUT2D eigenvalue weighted by molar-refractivity contribution is -0.120. The van der Waals surface area contributed by atoms with Crippen LogP contribution < -0.4 is 21.1 Å². The summed E-state index contributed by atoms with van der Waals surface area (Å²) in [6, 6.07) is 9.41. The van der Waals surface area contributed by atoms with Gasteiger partial charge in [0.25, 0.3) is 0 Å². The molecule has 0 spiro atoms. The van der Waals surface area contributed by atoms with E-state index in [-0.39, 0.29) is 12.0 Å². The maximum Gasteiger partial charge on any atom is 0.248 e. The van der Waals surface area contributed by atoms with E-state index in [1.807, 2.05) is 0 Å². The number of nitrogens with two attached hydrogens (primary N) is 1. The minimum Gasteiger partial charge on any atom is -0.490 e. The first-order valence-electron chi connectivity index (χ1n) is 9.73. The third-order valence-corrected chi connectivity index (χ3v) is 5.00. The Kier molecular flexibility index (Phi) is 5.80. The molecule has 1 fully saturated rings. The SMILES string of the molecule is NC(=O)C1N=C(c2c(F)cccc2F)OC1Nc1ccc(OC2CCNCC2)cc1. The summed E-state index contributed by atoms with van der Waals surface area (Å²) in [4.78, 5) is 15.8. The molecule has 4 N–H and O–H groups in total. The van der Waals surface area contributed by atoms with Crippen LogP contribution in [0.4, 0.5) is 14.5 Å². The lowest BCUT2D eigenvalue weighted by Gasteiger charge is -2.24. The van der Waals surface area contributed by atoms with Crippen molar-refractivity contribution < 1.29 is 23.0 Å². The van der Waals surface area contributed by atoms with Gasteiger partial charge in [-0.1, -0.05) is 6.07 Å². The Morgan fingerprint density at radius 2 is 1.80 bits per heavy atom. The van der Waals surface area contributed by atoms with Crippen molar-refractivity contribution in [1.82, 2.24) is 5.32 Å². The Balaban J connectivity index is 1.45. The lowest BCUT2D eigenvalue weighted by Crippen LogP contribution is -2.40. The number of piperidine rings is 1. The topological polar surface area (TPSA) is 98.0 Å². The standard InChI is InChI=1S/C21H22F2N4O3/c22-15-2-1-3-16(23)17(15)20-27-18(19(24)28)21(30-20)26-12-4-6-13(7-5-12)29-14-8-10-25-11-9-14/h1-7,14,18,21,25-26H,8-11H2,(H2,24,28). The predicted octanol–water partition coefficient (Wildman–Crippen LogP) is 2.16. The summed E-state index contributed by atoms with van der Waals surface area (Å²) in [6.45, 7) is 1.87. The predicted molar refractivity (Wildman–Crippen MR) is 107 cm³/mol. The zero-order chi connectivity index (χ0) is 21.1. The normalized spacial score (nSPS) is 21.6. The average Bonchev–Trinajstić information content (AvgIpc) is 3.14. The lowest BCUT2D eigenvalue weighted by atomic mass is 10.1. The Morgan fingerprint density at radius 3 is 2.43 bits per heavy atom. The van der Waals surface area contributed by atoms with Crippen molar-refractivity contribution in [2.45, 2.75) is 31.2 Å². The van der Waals surface area contributed by atoms with Gasteiger partial charge in [-0.25, -0.2) is 13.8 Å². The Labute approximate surface area is 172 Å². The Bertz CT molecular complexity index is 926. The molecule has 30 heavy (non-hydrogen) atoms. The van der Waals surface area contributed by atoms with Crippen LogP contribution in [0, 0.1) is 11.6 Å². The zero-order valence-corrected chi connectivity index (χ0v) is 16.1. The largest absolute Gasteiger partial charge is 0.490 e. The molecule has 0 radical (unpaired) electrons. The number of hydrogen-bond donors (Lipinski definition) is 3. The van der Waals surface area contributed by atoms with Crippen LogP contribution in [0.1, 0.15) is 18.4 Å². The number of amides is 1. The van der Waals surface area contributed by atoms with Gasteiger partial charge in [0.05, 0.1) is 0 Å². The van der Waals surface area contributed by atoms with E-state index >= 15 is 0 Å². The number of carbonyl (C=O) groups excluding carboxylic acids is 1. The molecule has 2 atom stereocenters. The number of rotatable bonds is 6. The van der Waals surface area contributed by atoms with E-state index in [1.165, 1.54) is 6.07 Å². The first kappa shape index (κ1) is 20.1. The second kappa shape index (κ2) is 8.66. The van der Waals surface area contributed by atoms with Gasteiger partial charge in [0.1, 0.15) is 29.1 Å². The molecule has 2 aromatic carbocycles. The molecule has 0 saturated carbocycles. The maximum atomic E-state index is 14.1. The van der Waals surface area contributed by atoms with Gasteiger partial charge in [-0.15, -0.1) is 0 Å². The van der Waals surface area contributed by atoms with Crippen LogP contribution in [-0.4, -0.2) is 43.3 Å². The molecule has 2 aliphatic rings. The number of halogens is 2. The van der Waals surface area contributed by atoms with E-state index in [0.717, 1.165) is 43.8 Å². The third kappa shape index (κ3) is 4.35. The fourth-order valence-corrected chi connectivity index (χ4v) is 3.46.